The number of benzene rings is 4. The van der Waals surface area contributed by atoms with E-state index in [9.17, 15) is 0 Å². The summed E-state index contributed by atoms with van der Waals surface area (Å²) in [5, 5.41) is 4.29. The molecule has 0 atom stereocenters. The number of hydrogen-bond donors (Lipinski definition) is 0. The third-order valence-corrected chi connectivity index (χ3v) is 13.5. The fourth-order valence-corrected chi connectivity index (χ4v) is 10.1. The summed E-state index contributed by atoms with van der Waals surface area (Å²) in [6.45, 7) is 9.09. The van der Waals surface area contributed by atoms with E-state index in [4.69, 9.17) is 34.9 Å². The summed E-state index contributed by atoms with van der Waals surface area (Å²) in [4.78, 5) is 38.1. The molecule has 0 spiro atoms. The van der Waals surface area contributed by atoms with Gasteiger partial charge in [0.05, 0.1) is 23.2 Å². The van der Waals surface area contributed by atoms with Crippen LogP contribution in [0.5, 0.6) is 0 Å². The summed E-state index contributed by atoms with van der Waals surface area (Å²) >= 11 is 0. The second kappa shape index (κ2) is 21.9. The Morgan fingerprint density at radius 1 is 0.385 bits per heavy atom. The van der Waals surface area contributed by atoms with Crippen molar-refractivity contribution < 1.29 is 17.1 Å². The van der Waals surface area contributed by atoms with Crippen LogP contribution >= 0.6 is 0 Å². The largest absolute Gasteiger partial charge is 2.00 e. The van der Waals surface area contributed by atoms with Gasteiger partial charge in [0, 0.05) is 33.5 Å². The summed E-state index contributed by atoms with van der Waals surface area (Å²) in [6, 6.07) is 28.7. The molecule has 0 fully saturated rings. The van der Waals surface area contributed by atoms with Crippen LogP contribution in [-0.2, 0) is 42.8 Å². The van der Waals surface area contributed by atoms with Crippen molar-refractivity contribution in [2.45, 2.75) is 156 Å². The molecule has 339 valence electrons. The minimum Gasteiger partial charge on any atom is -0.435 e. The van der Waals surface area contributed by atoms with Crippen LogP contribution in [0, 0.1) is 0 Å². The van der Waals surface area contributed by atoms with Crippen molar-refractivity contribution in [2.75, 3.05) is 0 Å². The molecule has 0 saturated heterocycles. The predicted octanol–water partition coefficient (Wildman–Crippen LogP) is 15.2. The van der Waals surface area contributed by atoms with Crippen molar-refractivity contribution >= 4 is 44.0 Å². The SMILES string of the molecule is CCCCCCc1cccc2c1-c1nc-2cc2[n-]c(nc3nc(nc4[n-]c(n1)c1c(CCCCCC)cccc41)-c1cccc(CCCCCC)c1-3)c1c(CCCCCC)cccc21.[Cu+2]. The van der Waals surface area contributed by atoms with E-state index in [-0.39, 0.29) is 17.1 Å². The van der Waals surface area contributed by atoms with Crippen molar-refractivity contribution in [3.05, 3.63) is 101 Å². The Kier molecular flexibility index (Phi) is 15.6. The quantitative estimate of drug-likeness (QED) is 0.0555. The van der Waals surface area contributed by atoms with E-state index >= 15 is 0 Å². The van der Waals surface area contributed by atoms with E-state index in [0.717, 1.165) is 118 Å². The molecule has 0 N–H and O–H groups in total. The maximum absolute atomic E-state index is 5.53. The smallest absolute Gasteiger partial charge is 0.435 e. The van der Waals surface area contributed by atoms with Crippen molar-refractivity contribution in [3.8, 4) is 45.4 Å². The zero-order valence-corrected chi connectivity index (χ0v) is 40.0. The number of aryl methyl sites for hydroxylation is 4. The Balaban J connectivity index is 0.00000576. The van der Waals surface area contributed by atoms with Crippen LogP contribution in [0.3, 0.4) is 0 Å². The Labute approximate surface area is 396 Å². The van der Waals surface area contributed by atoms with Crippen LogP contribution in [0.4, 0.5) is 0 Å². The van der Waals surface area contributed by atoms with Gasteiger partial charge in [-0.15, -0.1) is 0 Å². The number of rotatable bonds is 20. The fraction of sp³-hybridized carbons (Fsp3) is 0.421. The molecule has 65 heavy (non-hydrogen) atoms. The Morgan fingerprint density at radius 2 is 0.831 bits per heavy atom. The molecular formula is C57H65CuN7. The summed E-state index contributed by atoms with van der Waals surface area (Å²) in [5.41, 5.74) is 13.2. The monoisotopic (exact) mass is 910 g/mol. The van der Waals surface area contributed by atoms with Crippen LogP contribution in [0.25, 0.3) is 89.4 Å². The maximum atomic E-state index is 5.53. The van der Waals surface area contributed by atoms with Crippen LogP contribution in [-0.4, -0.2) is 24.9 Å². The standard InChI is InChI=1S/C57H65N7.Cu/c1-5-9-13-17-25-38-29-21-33-42-46-37-47-43-34-22-30-39(26-18-14-10-6-2)49(43)55(59-47)64-57-51-41(28-20-16-12-8-4)32-24-36-45(51)53(62-57)60-52-44-35-23-31-40(27-19-15-11-7-3)50(44)56(61-52)63-54(58-46)48(38)42;/h21-24,29-37H,5-20,25-28H2,1-4H3;/q-2;+2. The molecule has 9 rings (SSSR count). The Morgan fingerprint density at radius 3 is 1.42 bits per heavy atom. The molecule has 3 aromatic heterocycles. The average molecular weight is 912 g/mol. The van der Waals surface area contributed by atoms with Crippen molar-refractivity contribution in [2.24, 2.45) is 0 Å². The molecule has 2 aliphatic rings. The molecule has 0 aliphatic carbocycles. The first-order valence-corrected chi connectivity index (χ1v) is 24.9. The molecule has 7 aromatic rings. The molecule has 0 amide bonds. The first-order chi connectivity index (χ1) is 31.6. The molecule has 5 heterocycles. The zero-order valence-electron chi connectivity index (χ0n) is 39.1. The number of fused-ring (bicyclic) bond motifs is 20. The van der Waals surface area contributed by atoms with Crippen LogP contribution in [0.15, 0.2) is 78.9 Å². The number of nitrogens with zero attached hydrogens (tertiary/aromatic N) is 7. The molecule has 1 radical (unpaired) electrons. The van der Waals surface area contributed by atoms with Gasteiger partial charge in [-0.25, -0.2) is 9.97 Å². The molecule has 7 nitrogen and oxygen atoms in total. The Hall–Kier alpha value is -5.17. The van der Waals surface area contributed by atoms with Gasteiger partial charge in [0.1, 0.15) is 0 Å². The van der Waals surface area contributed by atoms with Crippen LogP contribution < -0.4 is 9.97 Å². The van der Waals surface area contributed by atoms with Crippen molar-refractivity contribution in [1.29, 1.82) is 0 Å². The van der Waals surface area contributed by atoms with Gasteiger partial charge in [-0.05, 0) is 112 Å². The minimum atomic E-state index is 0. The van der Waals surface area contributed by atoms with Gasteiger partial charge in [-0.3, -0.25) is 0 Å². The zero-order chi connectivity index (χ0) is 43.8. The van der Waals surface area contributed by atoms with Crippen molar-refractivity contribution in [3.63, 3.8) is 0 Å². The van der Waals surface area contributed by atoms with Gasteiger partial charge in [-0.2, -0.15) is 0 Å². The predicted molar refractivity (Wildman–Crippen MR) is 268 cm³/mol. The molecule has 0 saturated carbocycles. The third kappa shape index (κ3) is 9.86. The number of unbranched alkanes of at least 4 members (excludes halogenated alkanes) is 12. The Bertz CT molecular complexity index is 2730. The van der Waals surface area contributed by atoms with Gasteiger partial charge in [0.2, 0.25) is 0 Å². The molecule has 8 bridgehead atoms. The van der Waals surface area contributed by atoms with E-state index in [1.54, 1.807) is 0 Å². The van der Waals surface area contributed by atoms with Gasteiger partial charge in [0.15, 0.2) is 0 Å². The second-order valence-corrected chi connectivity index (χ2v) is 18.2. The topological polar surface area (TPSA) is 92.6 Å². The van der Waals surface area contributed by atoms with Crippen molar-refractivity contribution in [1.82, 2.24) is 34.9 Å². The third-order valence-electron chi connectivity index (χ3n) is 13.5. The molecule has 0 unspecified atom stereocenters. The average Bonchev–Trinajstić information content (AvgIpc) is 4.06. The van der Waals surface area contributed by atoms with E-state index in [1.165, 1.54) is 99.3 Å². The number of hydrogen-bond acceptors (Lipinski definition) is 5. The molecular weight excluding hydrogens is 846 g/mol. The first-order valence-electron chi connectivity index (χ1n) is 24.9. The van der Waals surface area contributed by atoms with Gasteiger partial charge < -0.3 is 24.9 Å². The molecule has 2 aliphatic heterocycles. The minimum absolute atomic E-state index is 0. The van der Waals surface area contributed by atoms with E-state index in [2.05, 4.69) is 107 Å². The van der Waals surface area contributed by atoms with Gasteiger partial charge >= 0.3 is 17.1 Å². The fourth-order valence-electron chi connectivity index (χ4n) is 10.1. The van der Waals surface area contributed by atoms with E-state index < -0.39 is 0 Å². The first kappa shape index (κ1) is 46.4. The van der Waals surface area contributed by atoms with E-state index in [0.29, 0.717) is 22.9 Å². The molecule has 8 heteroatoms. The normalized spacial score (nSPS) is 11.9. The summed E-state index contributed by atoms with van der Waals surface area (Å²) in [5.74, 6) is 2.05. The second-order valence-electron chi connectivity index (χ2n) is 18.2. The van der Waals surface area contributed by atoms with E-state index in [1.807, 2.05) is 0 Å². The van der Waals surface area contributed by atoms with Crippen LogP contribution in [0.1, 0.15) is 153 Å². The molecule has 4 aromatic carbocycles. The van der Waals surface area contributed by atoms with Gasteiger partial charge in [0.25, 0.3) is 0 Å². The number of aromatic nitrogens is 7. The van der Waals surface area contributed by atoms with Crippen LogP contribution in [0.2, 0.25) is 0 Å². The summed E-state index contributed by atoms with van der Waals surface area (Å²) in [7, 11) is 0. The summed E-state index contributed by atoms with van der Waals surface area (Å²) < 4.78 is 0. The summed E-state index contributed by atoms with van der Waals surface area (Å²) in [6.07, 6.45) is 22.9. The maximum Gasteiger partial charge on any atom is 2.00 e. The van der Waals surface area contributed by atoms with Gasteiger partial charge in [-0.1, -0.05) is 178 Å².